The first-order chi connectivity index (χ1) is 10.7. The molecule has 0 radical (unpaired) electrons. The molecule has 1 atom stereocenters. The lowest BCUT2D eigenvalue weighted by atomic mass is 10.1. The van der Waals surface area contributed by atoms with Crippen molar-refractivity contribution in [2.75, 3.05) is 20.1 Å². The molecular formula is C17H24Cl2N2O2. The van der Waals surface area contributed by atoms with E-state index in [1.165, 1.54) is 5.56 Å². The van der Waals surface area contributed by atoms with Gasteiger partial charge >= 0.3 is 6.09 Å². The summed E-state index contributed by atoms with van der Waals surface area (Å²) in [5.41, 5.74) is 1.87. The van der Waals surface area contributed by atoms with Gasteiger partial charge in [-0.2, -0.15) is 0 Å². The molecule has 1 aliphatic rings. The molecule has 0 aliphatic heterocycles. The zero-order valence-corrected chi connectivity index (χ0v) is 15.6. The number of ether oxygens (including phenoxy) is 1. The molecule has 0 saturated carbocycles. The zero-order chi connectivity index (χ0) is 17.2. The van der Waals surface area contributed by atoms with Gasteiger partial charge in [-0.15, -0.1) is 0 Å². The Kier molecular flexibility index (Phi) is 5.82. The number of benzene rings is 1. The Labute approximate surface area is 148 Å². The molecule has 0 heterocycles. The molecule has 1 amide bonds. The summed E-state index contributed by atoms with van der Waals surface area (Å²) >= 11 is 12.3. The highest BCUT2D eigenvalue weighted by atomic mass is 35.5. The molecule has 4 nitrogen and oxygen atoms in total. The van der Waals surface area contributed by atoms with Gasteiger partial charge in [0.25, 0.3) is 0 Å². The van der Waals surface area contributed by atoms with Crippen molar-refractivity contribution in [3.05, 3.63) is 33.3 Å². The van der Waals surface area contributed by atoms with Gasteiger partial charge in [0.2, 0.25) is 0 Å². The van der Waals surface area contributed by atoms with Gasteiger partial charge in [0, 0.05) is 26.2 Å². The van der Waals surface area contributed by atoms with Crippen molar-refractivity contribution >= 4 is 29.3 Å². The van der Waals surface area contributed by atoms with E-state index >= 15 is 0 Å². The molecule has 0 spiro atoms. The average Bonchev–Trinajstić information content (AvgIpc) is 2.85. The lowest BCUT2D eigenvalue weighted by Gasteiger charge is -2.25. The van der Waals surface area contributed by atoms with Crippen LogP contribution in [0.5, 0.6) is 0 Å². The summed E-state index contributed by atoms with van der Waals surface area (Å²) in [6.45, 7) is 6.87. The normalized spacial score (nSPS) is 17.0. The van der Waals surface area contributed by atoms with Crippen molar-refractivity contribution < 1.29 is 9.53 Å². The minimum Gasteiger partial charge on any atom is -0.444 e. The molecule has 1 unspecified atom stereocenters. The summed E-state index contributed by atoms with van der Waals surface area (Å²) in [4.78, 5) is 13.5. The summed E-state index contributed by atoms with van der Waals surface area (Å²) in [5.74, 6) is 0. The van der Waals surface area contributed by atoms with E-state index < -0.39 is 5.60 Å². The van der Waals surface area contributed by atoms with Crippen molar-refractivity contribution in [2.45, 2.75) is 45.3 Å². The maximum Gasteiger partial charge on any atom is 0.410 e. The van der Waals surface area contributed by atoms with Crippen molar-refractivity contribution in [1.82, 2.24) is 10.2 Å². The van der Waals surface area contributed by atoms with Crippen molar-refractivity contribution in [3.63, 3.8) is 0 Å². The maximum absolute atomic E-state index is 11.9. The minimum atomic E-state index is -0.473. The average molecular weight is 359 g/mol. The molecule has 0 fully saturated rings. The van der Waals surface area contributed by atoms with Gasteiger partial charge in [-0.1, -0.05) is 29.3 Å². The maximum atomic E-state index is 11.9. The third-order valence-corrected chi connectivity index (χ3v) is 4.68. The molecule has 1 aromatic rings. The van der Waals surface area contributed by atoms with E-state index in [0.29, 0.717) is 23.1 Å². The summed E-state index contributed by atoms with van der Waals surface area (Å²) in [6, 6.07) is 4.13. The van der Waals surface area contributed by atoms with E-state index in [1.807, 2.05) is 32.9 Å². The number of nitrogens with one attached hydrogen (secondary N) is 1. The second-order valence-electron chi connectivity index (χ2n) is 6.88. The van der Waals surface area contributed by atoms with Gasteiger partial charge in [-0.05, 0) is 50.8 Å². The predicted molar refractivity (Wildman–Crippen MR) is 94.4 cm³/mol. The molecule has 6 heteroatoms. The van der Waals surface area contributed by atoms with Crippen LogP contribution in [0.3, 0.4) is 0 Å². The van der Waals surface area contributed by atoms with Crippen LogP contribution in [0.15, 0.2) is 12.1 Å². The van der Waals surface area contributed by atoms with Gasteiger partial charge in [-0.3, -0.25) is 0 Å². The number of halogens is 2. The fraction of sp³-hybridized carbons (Fsp3) is 0.588. The van der Waals surface area contributed by atoms with Crippen LogP contribution in [0.4, 0.5) is 4.79 Å². The highest BCUT2D eigenvalue weighted by Crippen LogP contribution is 2.38. The molecule has 0 saturated heterocycles. The van der Waals surface area contributed by atoms with Crippen LogP contribution in [-0.4, -0.2) is 36.7 Å². The van der Waals surface area contributed by atoms with Crippen LogP contribution in [0, 0.1) is 0 Å². The van der Waals surface area contributed by atoms with E-state index in [4.69, 9.17) is 27.9 Å². The van der Waals surface area contributed by atoms with E-state index in [2.05, 4.69) is 5.32 Å². The quantitative estimate of drug-likeness (QED) is 0.864. The number of rotatable bonds is 4. The second-order valence-corrected chi connectivity index (χ2v) is 7.66. The largest absolute Gasteiger partial charge is 0.444 e. The molecule has 2 rings (SSSR count). The number of carbonyl (C=O) groups excluding carboxylic acids is 1. The van der Waals surface area contributed by atoms with Crippen LogP contribution < -0.4 is 5.32 Å². The molecule has 1 aromatic carbocycles. The van der Waals surface area contributed by atoms with Gasteiger partial charge in [-0.25, -0.2) is 4.79 Å². The van der Waals surface area contributed by atoms with Gasteiger partial charge < -0.3 is 15.0 Å². The lowest BCUT2D eigenvalue weighted by Crippen LogP contribution is -2.38. The van der Waals surface area contributed by atoms with Crippen LogP contribution in [0.2, 0.25) is 10.0 Å². The third kappa shape index (κ3) is 4.75. The molecule has 1 aliphatic carbocycles. The van der Waals surface area contributed by atoms with Crippen LogP contribution >= 0.6 is 23.2 Å². The van der Waals surface area contributed by atoms with Crippen LogP contribution in [0.1, 0.15) is 44.4 Å². The number of amides is 1. The summed E-state index contributed by atoms with van der Waals surface area (Å²) in [7, 11) is 1.75. The highest BCUT2D eigenvalue weighted by Gasteiger charge is 2.25. The Morgan fingerprint density at radius 2 is 2.09 bits per heavy atom. The Morgan fingerprint density at radius 3 is 2.74 bits per heavy atom. The monoisotopic (exact) mass is 358 g/mol. The summed E-state index contributed by atoms with van der Waals surface area (Å²) < 4.78 is 5.33. The Balaban J connectivity index is 1.85. The third-order valence-electron chi connectivity index (χ3n) is 3.83. The smallest absolute Gasteiger partial charge is 0.410 e. The van der Waals surface area contributed by atoms with E-state index in [-0.39, 0.29) is 12.1 Å². The topological polar surface area (TPSA) is 41.6 Å². The fourth-order valence-corrected chi connectivity index (χ4v) is 3.13. The summed E-state index contributed by atoms with van der Waals surface area (Å²) in [5, 5.41) is 4.76. The molecule has 0 bridgehead atoms. The standard InChI is InChI=1S/C17H24Cl2N2O2/c1-17(2,3)23-16(22)21(4)10-9-20-14-8-6-12-11(14)5-7-13(18)15(12)19/h5,7,14,20H,6,8-10H2,1-4H3. The minimum absolute atomic E-state index is 0.256. The lowest BCUT2D eigenvalue weighted by molar-refractivity contribution is 0.0299. The SMILES string of the molecule is CN(CCNC1CCc2c1ccc(Cl)c2Cl)C(=O)OC(C)(C)C. The van der Waals surface area contributed by atoms with Crippen LogP contribution in [-0.2, 0) is 11.2 Å². The number of nitrogens with zero attached hydrogens (tertiary/aromatic N) is 1. The van der Waals surface area contributed by atoms with Crippen molar-refractivity contribution in [3.8, 4) is 0 Å². The van der Waals surface area contributed by atoms with E-state index in [1.54, 1.807) is 11.9 Å². The first kappa shape index (κ1) is 18.4. The van der Waals surface area contributed by atoms with E-state index in [0.717, 1.165) is 18.4 Å². The first-order valence-corrected chi connectivity index (χ1v) is 8.59. The van der Waals surface area contributed by atoms with Crippen LogP contribution in [0.25, 0.3) is 0 Å². The second kappa shape index (κ2) is 7.29. The Hall–Kier alpha value is -0.970. The van der Waals surface area contributed by atoms with Crippen molar-refractivity contribution in [2.24, 2.45) is 0 Å². The Bertz CT molecular complexity index is 585. The zero-order valence-electron chi connectivity index (χ0n) is 14.1. The number of fused-ring (bicyclic) bond motifs is 1. The highest BCUT2D eigenvalue weighted by molar-refractivity contribution is 6.42. The van der Waals surface area contributed by atoms with Gasteiger partial charge in [0.05, 0.1) is 10.0 Å². The summed E-state index contributed by atoms with van der Waals surface area (Å²) in [6.07, 6.45) is 1.61. The molecule has 0 aromatic heterocycles. The number of hydrogen-bond donors (Lipinski definition) is 1. The Morgan fingerprint density at radius 1 is 1.39 bits per heavy atom. The number of carbonyl (C=O) groups is 1. The van der Waals surface area contributed by atoms with Gasteiger partial charge in [0.1, 0.15) is 5.60 Å². The molecule has 1 N–H and O–H groups in total. The number of hydrogen-bond acceptors (Lipinski definition) is 3. The van der Waals surface area contributed by atoms with Gasteiger partial charge in [0.15, 0.2) is 0 Å². The first-order valence-electron chi connectivity index (χ1n) is 7.83. The fourth-order valence-electron chi connectivity index (χ4n) is 2.68. The van der Waals surface area contributed by atoms with E-state index in [9.17, 15) is 4.79 Å². The molecule has 128 valence electrons. The van der Waals surface area contributed by atoms with Crippen molar-refractivity contribution in [1.29, 1.82) is 0 Å². The number of likely N-dealkylation sites (N-methyl/N-ethyl adjacent to an activating group) is 1. The molecular weight excluding hydrogens is 335 g/mol. The predicted octanol–water partition coefficient (Wildman–Crippen LogP) is 4.44. The molecule has 23 heavy (non-hydrogen) atoms.